The van der Waals surface area contributed by atoms with Crippen molar-refractivity contribution in [3.05, 3.63) is 29.6 Å². The van der Waals surface area contributed by atoms with Crippen molar-refractivity contribution in [2.75, 3.05) is 11.4 Å². The van der Waals surface area contributed by atoms with Crippen molar-refractivity contribution in [2.24, 2.45) is 0 Å². The highest BCUT2D eigenvalue weighted by molar-refractivity contribution is 6.09. The van der Waals surface area contributed by atoms with Crippen LogP contribution in [0.3, 0.4) is 0 Å². The number of benzene rings is 1. The molecule has 3 rings (SSSR count). The van der Waals surface area contributed by atoms with Crippen LogP contribution in [0.2, 0.25) is 0 Å². The summed E-state index contributed by atoms with van der Waals surface area (Å²) in [6.07, 6.45) is 3.20. The number of aryl methyl sites for hydroxylation is 1. The Hall–Kier alpha value is -1.91. The first-order valence-corrected chi connectivity index (χ1v) is 6.91. The largest absolute Gasteiger partial charge is 0.340 e. The Morgan fingerprint density at radius 3 is 2.60 bits per heavy atom. The number of carbonyl (C=O) groups excluding carboxylic acids is 2. The lowest BCUT2D eigenvalue weighted by molar-refractivity contribution is -0.135. The maximum absolute atomic E-state index is 13.7. The topological polar surface area (TPSA) is 49.4 Å². The summed E-state index contributed by atoms with van der Waals surface area (Å²) in [5, 5.41) is 2.84. The van der Waals surface area contributed by atoms with E-state index in [-0.39, 0.29) is 24.2 Å². The van der Waals surface area contributed by atoms with E-state index in [4.69, 9.17) is 0 Å². The molecule has 2 fully saturated rings. The van der Waals surface area contributed by atoms with Gasteiger partial charge in [-0.25, -0.2) is 4.39 Å². The molecular formula is C15H17FN2O2. The molecule has 1 spiro atoms. The van der Waals surface area contributed by atoms with Crippen molar-refractivity contribution in [2.45, 2.75) is 38.1 Å². The van der Waals surface area contributed by atoms with E-state index in [0.717, 1.165) is 12.8 Å². The molecule has 1 aliphatic carbocycles. The van der Waals surface area contributed by atoms with Crippen molar-refractivity contribution in [1.82, 2.24) is 5.32 Å². The lowest BCUT2D eigenvalue weighted by Gasteiger charge is -2.39. The molecule has 1 aromatic rings. The van der Waals surface area contributed by atoms with E-state index in [1.165, 1.54) is 11.0 Å². The lowest BCUT2D eigenvalue weighted by atomic mass is 9.92. The van der Waals surface area contributed by atoms with E-state index in [0.29, 0.717) is 24.1 Å². The third kappa shape index (κ3) is 1.97. The Bertz CT molecular complexity index is 579. The summed E-state index contributed by atoms with van der Waals surface area (Å²) in [5.74, 6) is -0.646. The Kier molecular flexibility index (Phi) is 3.00. The molecule has 0 aromatic heterocycles. The van der Waals surface area contributed by atoms with Gasteiger partial charge >= 0.3 is 0 Å². The quantitative estimate of drug-likeness (QED) is 0.852. The van der Waals surface area contributed by atoms with Crippen LogP contribution in [0.4, 0.5) is 10.1 Å². The molecule has 1 aromatic carbocycles. The van der Waals surface area contributed by atoms with E-state index in [1.807, 2.05) is 0 Å². The second-order valence-corrected chi connectivity index (χ2v) is 5.66. The van der Waals surface area contributed by atoms with Gasteiger partial charge in [-0.15, -0.1) is 0 Å². The minimum Gasteiger partial charge on any atom is -0.340 e. The Morgan fingerprint density at radius 1 is 1.25 bits per heavy atom. The molecule has 0 radical (unpaired) electrons. The van der Waals surface area contributed by atoms with Gasteiger partial charge in [0.2, 0.25) is 5.91 Å². The molecule has 1 saturated heterocycles. The van der Waals surface area contributed by atoms with Gasteiger partial charge in [0.25, 0.3) is 5.91 Å². The van der Waals surface area contributed by atoms with Crippen LogP contribution in [0, 0.1) is 12.7 Å². The molecule has 0 atom stereocenters. The van der Waals surface area contributed by atoms with Crippen LogP contribution < -0.4 is 10.2 Å². The normalized spacial score (nSPS) is 21.4. The van der Waals surface area contributed by atoms with Crippen molar-refractivity contribution in [3.8, 4) is 0 Å². The van der Waals surface area contributed by atoms with Gasteiger partial charge in [0.1, 0.15) is 17.9 Å². The van der Waals surface area contributed by atoms with Crippen molar-refractivity contribution in [1.29, 1.82) is 0 Å². The number of rotatable bonds is 1. The molecule has 1 saturated carbocycles. The number of hydrogen-bond acceptors (Lipinski definition) is 2. The van der Waals surface area contributed by atoms with Gasteiger partial charge in [-0.1, -0.05) is 18.9 Å². The van der Waals surface area contributed by atoms with E-state index < -0.39 is 5.54 Å². The molecule has 4 nitrogen and oxygen atoms in total. The van der Waals surface area contributed by atoms with E-state index >= 15 is 0 Å². The van der Waals surface area contributed by atoms with Crippen LogP contribution in [0.5, 0.6) is 0 Å². The average Bonchev–Trinajstić information content (AvgIpc) is 2.86. The molecule has 1 aliphatic heterocycles. The molecule has 2 aliphatic rings. The number of piperazine rings is 1. The number of hydrogen-bond donors (Lipinski definition) is 1. The van der Waals surface area contributed by atoms with Crippen molar-refractivity contribution >= 4 is 17.5 Å². The number of amides is 2. The zero-order valence-electron chi connectivity index (χ0n) is 11.4. The summed E-state index contributed by atoms with van der Waals surface area (Å²) in [7, 11) is 0. The second kappa shape index (κ2) is 4.58. The lowest BCUT2D eigenvalue weighted by Crippen LogP contribution is -2.65. The van der Waals surface area contributed by atoms with Gasteiger partial charge in [0.15, 0.2) is 0 Å². The first-order valence-electron chi connectivity index (χ1n) is 6.91. The minimum atomic E-state index is -0.767. The van der Waals surface area contributed by atoms with E-state index in [1.54, 1.807) is 19.1 Å². The maximum Gasteiger partial charge on any atom is 0.253 e. The number of carbonyl (C=O) groups is 2. The number of nitrogens with zero attached hydrogens (tertiary/aromatic N) is 1. The summed E-state index contributed by atoms with van der Waals surface area (Å²) in [6, 6.07) is 4.65. The highest BCUT2D eigenvalue weighted by Crippen LogP contribution is 2.35. The summed E-state index contributed by atoms with van der Waals surface area (Å²) >= 11 is 0. The summed E-state index contributed by atoms with van der Waals surface area (Å²) < 4.78 is 13.7. The SMILES string of the molecule is Cc1ccc(N2CC(=O)NC3(CCCC3)C2=O)cc1F. The first kappa shape index (κ1) is 13.1. The fourth-order valence-corrected chi connectivity index (χ4v) is 3.11. The standard InChI is InChI=1S/C15H17FN2O2/c1-10-4-5-11(8-12(10)16)18-9-13(19)17-15(14(18)20)6-2-3-7-15/h4-5,8H,2-3,6-7,9H2,1H3,(H,17,19). The molecule has 5 heteroatoms. The van der Waals surface area contributed by atoms with Gasteiger partial charge < -0.3 is 10.2 Å². The minimum absolute atomic E-state index is 0.0386. The fourth-order valence-electron chi connectivity index (χ4n) is 3.11. The Balaban J connectivity index is 1.97. The zero-order chi connectivity index (χ0) is 14.3. The molecule has 106 valence electrons. The van der Waals surface area contributed by atoms with Crippen LogP contribution >= 0.6 is 0 Å². The Labute approximate surface area is 117 Å². The van der Waals surface area contributed by atoms with Crippen LogP contribution in [-0.2, 0) is 9.59 Å². The smallest absolute Gasteiger partial charge is 0.253 e. The third-order valence-electron chi connectivity index (χ3n) is 4.26. The summed E-state index contributed by atoms with van der Waals surface area (Å²) in [6.45, 7) is 1.63. The van der Waals surface area contributed by atoms with Crippen LogP contribution in [0.15, 0.2) is 18.2 Å². The molecule has 0 unspecified atom stereocenters. The molecule has 1 N–H and O–H groups in total. The predicted octanol–water partition coefficient (Wildman–Crippen LogP) is 1.91. The van der Waals surface area contributed by atoms with Gasteiger partial charge in [-0.3, -0.25) is 9.59 Å². The van der Waals surface area contributed by atoms with Crippen LogP contribution in [0.25, 0.3) is 0 Å². The molecule has 1 heterocycles. The molecular weight excluding hydrogens is 259 g/mol. The second-order valence-electron chi connectivity index (χ2n) is 5.66. The van der Waals surface area contributed by atoms with E-state index in [9.17, 15) is 14.0 Å². The van der Waals surface area contributed by atoms with Gasteiger partial charge in [0, 0.05) is 5.69 Å². The zero-order valence-corrected chi connectivity index (χ0v) is 11.4. The predicted molar refractivity (Wildman–Crippen MR) is 72.8 cm³/mol. The maximum atomic E-state index is 13.7. The monoisotopic (exact) mass is 276 g/mol. The van der Waals surface area contributed by atoms with Gasteiger partial charge in [0.05, 0.1) is 0 Å². The first-order chi connectivity index (χ1) is 9.52. The number of halogens is 1. The molecule has 0 bridgehead atoms. The molecule has 2 amide bonds. The van der Waals surface area contributed by atoms with Crippen LogP contribution in [-0.4, -0.2) is 23.9 Å². The number of anilines is 1. The summed E-state index contributed by atoms with van der Waals surface area (Å²) in [4.78, 5) is 26.0. The fraction of sp³-hybridized carbons (Fsp3) is 0.467. The molecule has 20 heavy (non-hydrogen) atoms. The van der Waals surface area contributed by atoms with Crippen molar-refractivity contribution in [3.63, 3.8) is 0 Å². The van der Waals surface area contributed by atoms with Gasteiger partial charge in [-0.2, -0.15) is 0 Å². The highest BCUT2D eigenvalue weighted by atomic mass is 19.1. The third-order valence-corrected chi connectivity index (χ3v) is 4.26. The Morgan fingerprint density at radius 2 is 1.95 bits per heavy atom. The van der Waals surface area contributed by atoms with Crippen molar-refractivity contribution < 1.29 is 14.0 Å². The summed E-state index contributed by atoms with van der Waals surface area (Å²) in [5.41, 5.74) is 0.217. The van der Waals surface area contributed by atoms with E-state index in [2.05, 4.69) is 5.32 Å². The van der Waals surface area contributed by atoms with Gasteiger partial charge in [-0.05, 0) is 37.5 Å². The van der Waals surface area contributed by atoms with Crippen LogP contribution in [0.1, 0.15) is 31.2 Å². The highest BCUT2D eigenvalue weighted by Gasteiger charge is 2.48. The number of nitrogens with one attached hydrogen (secondary N) is 1. The average molecular weight is 276 g/mol.